The van der Waals surface area contributed by atoms with Gasteiger partial charge in [0, 0.05) is 14.2 Å². The molecule has 0 radical (unpaired) electrons. The summed E-state index contributed by atoms with van der Waals surface area (Å²) in [4.78, 5) is 23.2. The van der Waals surface area contributed by atoms with Gasteiger partial charge in [-0.05, 0) is 0 Å². The molecule has 13 heavy (non-hydrogen) atoms. The molecule has 0 bridgehead atoms. The van der Waals surface area contributed by atoms with Crippen molar-refractivity contribution in [3.8, 4) is 0 Å². The second kappa shape index (κ2) is 4.20. The predicted molar refractivity (Wildman–Crippen MR) is 42.9 cm³/mol. The minimum absolute atomic E-state index is 0.284. The highest BCUT2D eigenvalue weighted by molar-refractivity contribution is 6.03. The molecule has 6 nitrogen and oxygen atoms in total. The number of nitrogens with one attached hydrogen (secondary N) is 1. The van der Waals surface area contributed by atoms with Crippen LogP contribution in [0.15, 0.2) is 0 Å². The average molecular weight is 188 g/mol. The monoisotopic (exact) mass is 188 g/mol. The van der Waals surface area contributed by atoms with Crippen molar-refractivity contribution in [1.29, 1.82) is 0 Å². The Kier molecular flexibility index (Phi) is 3.21. The van der Waals surface area contributed by atoms with Crippen molar-refractivity contribution in [1.82, 2.24) is 10.2 Å². The topological polar surface area (TPSA) is 67.9 Å². The lowest BCUT2D eigenvalue weighted by molar-refractivity contribution is -0.136. The number of amides is 3. The molecular weight excluding hydrogens is 176 g/mol. The van der Waals surface area contributed by atoms with E-state index in [1.807, 2.05) is 0 Å². The quantitative estimate of drug-likeness (QED) is 0.461. The van der Waals surface area contributed by atoms with E-state index in [4.69, 9.17) is 9.47 Å². The molecule has 1 unspecified atom stereocenters. The summed E-state index contributed by atoms with van der Waals surface area (Å²) < 4.78 is 9.85. The number of urea groups is 1. The number of nitrogens with zero attached hydrogens (tertiary/aromatic N) is 1. The van der Waals surface area contributed by atoms with Crippen molar-refractivity contribution in [3.63, 3.8) is 0 Å². The summed E-state index contributed by atoms with van der Waals surface area (Å²) in [6.45, 7) is 0.679. The maximum Gasteiger partial charge on any atom is 0.326 e. The van der Waals surface area contributed by atoms with E-state index < -0.39 is 18.2 Å². The van der Waals surface area contributed by atoms with Gasteiger partial charge in [0.1, 0.15) is 0 Å². The number of imide groups is 1. The van der Waals surface area contributed by atoms with Gasteiger partial charge in [0.15, 0.2) is 0 Å². The average Bonchev–Trinajstić information content (AvgIpc) is 2.32. The van der Waals surface area contributed by atoms with Gasteiger partial charge < -0.3 is 9.47 Å². The van der Waals surface area contributed by atoms with Crippen LogP contribution < -0.4 is 5.32 Å². The SMILES string of the molecule is COCCOC1C(=O)NC(=O)N1C. The van der Waals surface area contributed by atoms with Crippen LogP contribution in [0.5, 0.6) is 0 Å². The van der Waals surface area contributed by atoms with Crippen molar-refractivity contribution in [2.45, 2.75) is 6.23 Å². The Morgan fingerprint density at radius 3 is 2.62 bits per heavy atom. The molecular formula is C7H12N2O4. The molecule has 0 aliphatic carbocycles. The summed E-state index contributed by atoms with van der Waals surface area (Å²) in [5, 5.41) is 2.13. The van der Waals surface area contributed by atoms with Gasteiger partial charge in [0.2, 0.25) is 6.23 Å². The van der Waals surface area contributed by atoms with E-state index in [-0.39, 0.29) is 6.61 Å². The molecule has 1 fully saturated rings. The van der Waals surface area contributed by atoms with Crippen molar-refractivity contribution in [3.05, 3.63) is 0 Å². The lowest BCUT2D eigenvalue weighted by Crippen LogP contribution is -2.34. The molecule has 74 valence electrons. The summed E-state index contributed by atoms with van der Waals surface area (Å²) in [6.07, 6.45) is -0.817. The molecule has 0 spiro atoms. The highest BCUT2D eigenvalue weighted by Gasteiger charge is 2.36. The first-order valence-electron chi connectivity index (χ1n) is 3.85. The van der Waals surface area contributed by atoms with Gasteiger partial charge >= 0.3 is 6.03 Å². The Morgan fingerprint density at radius 1 is 1.46 bits per heavy atom. The largest absolute Gasteiger partial charge is 0.382 e. The molecule has 3 amide bonds. The zero-order valence-electron chi connectivity index (χ0n) is 7.57. The molecule has 1 aliphatic heterocycles. The van der Waals surface area contributed by atoms with Crippen LogP contribution in [0, 0.1) is 0 Å². The Balaban J connectivity index is 2.40. The van der Waals surface area contributed by atoms with Gasteiger partial charge in [-0.3, -0.25) is 15.0 Å². The highest BCUT2D eigenvalue weighted by Crippen LogP contribution is 2.06. The number of methoxy groups -OCH3 is 1. The van der Waals surface area contributed by atoms with E-state index in [0.717, 1.165) is 0 Å². The summed E-state index contributed by atoms with van der Waals surface area (Å²) in [6, 6.07) is -0.438. The second-order valence-corrected chi connectivity index (χ2v) is 2.62. The Hall–Kier alpha value is -1.14. The van der Waals surface area contributed by atoms with Crippen LogP contribution in [-0.4, -0.2) is 50.4 Å². The number of hydrogen-bond acceptors (Lipinski definition) is 4. The van der Waals surface area contributed by atoms with E-state index in [2.05, 4.69) is 5.32 Å². The smallest absolute Gasteiger partial charge is 0.326 e. The number of ether oxygens (including phenoxy) is 2. The summed E-state index contributed by atoms with van der Waals surface area (Å²) in [5.41, 5.74) is 0. The Morgan fingerprint density at radius 2 is 2.15 bits per heavy atom. The van der Waals surface area contributed by atoms with Gasteiger partial charge in [-0.2, -0.15) is 0 Å². The summed E-state index contributed by atoms with van der Waals surface area (Å²) in [5.74, 6) is -0.427. The molecule has 6 heteroatoms. The minimum atomic E-state index is -0.817. The van der Waals surface area contributed by atoms with E-state index in [1.54, 1.807) is 0 Å². The van der Waals surface area contributed by atoms with Crippen molar-refractivity contribution >= 4 is 11.9 Å². The second-order valence-electron chi connectivity index (χ2n) is 2.62. The van der Waals surface area contributed by atoms with Crippen LogP contribution in [0.3, 0.4) is 0 Å². The van der Waals surface area contributed by atoms with Crippen LogP contribution in [0.1, 0.15) is 0 Å². The summed E-state index contributed by atoms with van der Waals surface area (Å²) in [7, 11) is 3.03. The fourth-order valence-electron chi connectivity index (χ4n) is 0.968. The number of carbonyl (C=O) groups is 2. The van der Waals surface area contributed by atoms with Gasteiger partial charge in [0.05, 0.1) is 13.2 Å². The third-order valence-electron chi connectivity index (χ3n) is 1.69. The predicted octanol–water partition coefficient (Wildman–Crippen LogP) is -0.843. The first-order valence-corrected chi connectivity index (χ1v) is 3.85. The van der Waals surface area contributed by atoms with Gasteiger partial charge in [-0.25, -0.2) is 4.79 Å². The number of rotatable bonds is 4. The van der Waals surface area contributed by atoms with E-state index >= 15 is 0 Å². The molecule has 1 atom stereocenters. The molecule has 0 aromatic rings. The minimum Gasteiger partial charge on any atom is -0.382 e. The molecule has 1 saturated heterocycles. The van der Waals surface area contributed by atoms with Crippen LogP contribution in [-0.2, 0) is 14.3 Å². The van der Waals surface area contributed by atoms with E-state index in [1.165, 1.54) is 19.1 Å². The summed E-state index contributed by atoms with van der Waals surface area (Å²) >= 11 is 0. The third kappa shape index (κ3) is 2.16. The van der Waals surface area contributed by atoms with E-state index in [9.17, 15) is 9.59 Å². The van der Waals surface area contributed by atoms with Gasteiger partial charge in [-0.1, -0.05) is 0 Å². The fourth-order valence-corrected chi connectivity index (χ4v) is 0.968. The molecule has 0 aromatic carbocycles. The van der Waals surface area contributed by atoms with Crippen LogP contribution in [0.2, 0.25) is 0 Å². The molecule has 0 saturated carbocycles. The molecule has 1 heterocycles. The highest BCUT2D eigenvalue weighted by atomic mass is 16.5. The first kappa shape index (κ1) is 9.94. The lowest BCUT2D eigenvalue weighted by Gasteiger charge is -2.16. The number of carbonyl (C=O) groups excluding carboxylic acids is 2. The van der Waals surface area contributed by atoms with Crippen LogP contribution in [0.4, 0.5) is 4.79 Å². The van der Waals surface area contributed by atoms with Crippen molar-refractivity contribution < 1.29 is 19.1 Å². The zero-order valence-corrected chi connectivity index (χ0v) is 7.57. The molecule has 0 aromatic heterocycles. The Labute approximate surface area is 75.8 Å². The maximum absolute atomic E-state index is 11.0. The van der Waals surface area contributed by atoms with Crippen LogP contribution in [0.25, 0.3) is 0 Å². The van der Waals surface area contributed by atoms with Crippen molar-refractivity contribution in [2.75, 3.05) is 27.4 Å². The molecule has 1 rings (SSSR count). The molecule has 1 N–H and O–H groups in total. The van der Waals surface area contributed by atoms with Gasteiger partial charge in [-0.15, -0.1) is 0 Å². The number of likely N-dealkylation sites (N-methyl/N-ethyl adjacent to an activating group) is 1. The number of hydrogen-bond donors (Lipinski definition) is 1. The van der Waals surface area contributed by atoms with Crippen LogP contribution >= 0.6 is 0 Å². The fraction of sp³-hybridized carbons (Fsp3) is 0.714. The molecule has 1 aliphatic rings. The van der Waals surface area contributed by atoms with E-state index in [0.29, 0.717) is 6.61 Å². The first-order chi connectivity index (χ1) is 6.16. The Bertz CT molecular complexity index is 219. The van der Waals surface area contributed by atoms with Gasteiger partial charge in [0.25, 0.3) is 5.91 Å². The normalized spacial score (nSPS) is 22.3. The lowest BCUT2D eigenvalue weighted by atomic mass is 10.5. The zero-order chi connectivity index (χ0) is 9.84. The standard InChI is InChI=1S/C7H12N2O4/c1-9-6(13-4-3-12-2)5(10)8-7(9)11/h6H,3-4H2,1-2H3,(H,8,10,11). The maximum atomic E-state index is 11.0. The third-order valence-corrected chi connectivity index (χ3v) is 1.69. The van der Waals surface area contributed by atoms with Crippen molar-refractivity contribution in [2.24, 2.45) is 0 Å².